The topological polar surface area (TPSA) is 95.7 Å². The quantitative estimate of drug-likeness (QED) is 0.647. The first kappa shape index (κ1) is 14.5. The Hall–Kier alpha value is -0.596. The van der Waals surface area contributed by atoms with Crippen LogP contribution in [0.4, 0.5) is 5.69 Å². The first-order valence-electron chi connectivity index (χ1n) is 4.82. The van der Waals surface area contributed by atoms with Crippen LogP contribution in [0.1, 0.15) is 13.8 Å². The molecule has 1 aromatic carbocycles. The van der Waals surface area contributed by atoms with Crippen LogP contribution < -0.4 is 5.73 Å². The molecule has 0 aliphatic heterocycles. The number of benzene rings is 1. The molecule has 6 nitrogen and oxygen atoms in total. The van der Waals surface area contributed by atoms with E-state index in [1.54, 1.807) is 19.9 Å². The summed E-state index contributed by atoms with van der Waals surface area (Å²) in [5.41, 5.74) is 5.54. The van der Waals surface area contributed by atoms with E-state index in [2.05, 4.69) is 2.76 Å². The van der Waals surface area contributed by atoms with Gasteiger partial charge in [0.05, 0.1) is 0 Å². The fourth-order valence-electron chi connectivity index (χ4n) is 1.05. The van der Waals surface area contributed by atoms with E-state index in [4.69, 9.17) is 9.05 Å². The molecule has 1 rings (SSSR count). The molecule has 0 spiro atoms. The maximum absolute atomic E-state index is 11.7. The first-order valence-corrected chi connectivity index (χ1v) is 8.14. The van der Waals surface area contributed by atoms with Crippen LogP contribution in [-0.4, -0.2) is 14.5 Å². The third-order valence-corrected chi connectivity index (χ3v) is 5.67. The molecule has 0 atom stereocenters. The molecular formula is C9H13NO5STi. The van der Waals surface area contributed by atoms with E-state index in [0.29, 0.717) is 0 Å². The van der Waals surface area contributed by atoms with E-state index < -0.39 is 28.7 Å². The Kier molecular flexibility index (Phi) is 4.96. The molecule has 2 N–H and O–H groups in total. The van der Waals surface area contributed by atoms with E-state index in [9.17, 15) is 11.7 Å². The van der Waals surface area contributed by atoms with Crippen molar-refractivity contribution in [3.63, 3.8) is 0 Å². The van der Waals surface area contributed by atoms with Gasteiger partial charge < -0.3 is 0 Å². The minimum absolute atomic E-state index is 0.0445. The minimum atomic E-state index is -4.12. The van der Waals surface area contributed by atoms with E-state index in [0.717, 1.165) is 0 Å². The third-order valence-electron chi connectivity index (χ3n) is 1.70. The van der Waals surface area contributed by atoms with Gasteiger partial charge in [-0.3, -0.25) is 0 Å². The summed E-state index contributed by atoms with van der Waals surface area (Å²) >= 11 is -3.74. The van der Waals surface area contributed by atoms with Gasteiger partial charge in [0.15, 0.2) is 0 Å². The van der Waals surface area contributed by atoms with E-state index in [-0.39, 0.29) is 16.7 Å². The molecule has 0 radical (unpaired) electrons. The van der Waals surface area contributed by atoms with Crippen LogP contribution in [0.2, 0.25) is 0 Å². The number of nitrogens with two attached hydrogens (primary N) is 1. The molecule has 0 saturated carbocycles. The number of hydrogen-bond acceptors (Lipinski definition) is 6. The normalized spacial score (nSPS) is 11.7. The SMILES string of the molecule is CC(C)[O][Ti](=[O])[O]S(=O)(=O)c1ccccc1N. The number of rotatable bonds is 5. The molecule has 17 heavy (non-hydrogen) atoms. The van der Waals surface area contributed by atoms with Gasteiger partial charge in [-0.25, -0.2) is 0 Å². The fraction of sp³-hybridized carbons (Fsp3) is 0.333. The van der Waals surface area contributed by atoms with E-state index in [1.807, 2.05) is 0 Å². The number of para-hydroxylation sites is 1. The third kappa shape index (κ3) is 4.29. The van der Waals surface area contributed by atoms with Crippen LogP contribution in [0.3, 0.4) is 0 Å². The summed E-state index contributed by atoms with van der Waals surface area (Å²) in [6.07, 6.45) is -0.356. The molecule has 0 saturated heterocycles. The second-order valence-electron chi connectivity index (χ2n) is 3.49. The van der Waals surface area contributed by atoms with Crippen LogP contribution in [0.5, 0.6) is 0 Å². The zero-order chi connectivity index (χ0) is 13.1. The zero-order valence-corrected chi connectivity index (χ0v) is 11.8. The van der Waals surface area contributed by atoms with Crippen molar-refractivity contribution in [1.29, 1.82) is 0 Å². The van der Waals surface area contributed by atoms with Crippen molar-refractivity contribution in [1.82, 2.24) is 0 Å². The van der Waals surface area contributed by atoms with Crippen molar-refractivity contribution in [3.05, 3.63) is 24.3 Å². The van der Waals surface area contributed by atoms with Gasteiger partial charge in [0.2, 0.25) is 0 Å². The van der Waals surface area contributed by atoms with Gasteiger partial charge in [-0.1, -0.05) is 0 Å². The van der Waals surface area contributed by atoms with Crippen LogP contribution in [0, 0.1) is 0 Å². The average Bonchev–Trinajstić information content (AvgIpc) is 2.15. The van der Waals surface area contributed by atoms with Crippen molar-refractivity contribution in [2.75, 3.05) is 5.73 Å². The molecule has 0 bridgehead atoms. The summed E-state index contributed by atoms with van der Waals surface area (Å²) < 4.78 is 44.1. The second-order valence-corrected chi connectivity index (χ2v) is 6.94. The van der Waals surface area contributed by atoms with Gasteiger partial charge in [0.1, 0.15) is 0 Å². The number of anilines is 1. The Morgan fingerprint density at radius 3 is 2.41 bits per heavy atom. The van der Waals surface area contributed by atoms with Crippen molar-refractivity contribution in [2.45, 2.75) is 24.8 Å². The summed E-state index contributed by atoms with van der Waals surface area (Å²) in [5.74, 6) is 0. The molecule has 1 aromatic rings. The van der Waals surface area contributed by atoms with Crippen LogP contribution >= 0.6 is 0 Å². The molecule has 0 unspecified atom stereocenters. The van der Waals surface area contributed by atoms with Crippen LogP contribution in [-0.2, 0) is 38.1 Å². The Balaban J connectivity index is 2.91. The summed E-state index contributed by atoms with van der Waals surface area (Å²) in [6, 6.07) is 5.80. The first-order chi connectivity index (χ1) is 7.83. The van der Waals surface area contributed by atoms with Gasteiger partial charge in [-0.05, 0) is 0 Å². The predicted molar refractivity (Wildman–Crippen MR) is 56.0 cm³/mol. The molecule has 0 aliphatic rings. The predicted octanol–water partition coefficient (Wildman–Crippen LogP) is 1.19. The monoisotopic (exact) mass is 295 g/mol. The second kappa shape index (κ2) is 5.83. The molecule has 8 heteroatoms. The van der Waals surface area contributed by atoms with E-state index >= 15 is 0 Å². The fourth-order valence-corrected chi connectivity index (χ4v) is 4.01. The number of hydrogen-bond donors (Lipinski definition) is 1. The summed E-state index contributed by atoms with van der Waals surface area (Å²) in [5, 5.41) is 0. The maximum atomic E-state index is 11.7. The van der Waals surface area contributed by atoms with Gasteiger partial charge in [-0.15, -0.1) is 0 Å². The molecule has 0 fully saturated rings. The van der Waals surface area contributed by atoms with Crippen molar-refractivity contribution in [3.8, 4) is 0 Å². The summed E-state index contributed by atoms with van der Waals surface area (Å²) in [6.45, 7) is 3.27. The Morgan fingerprint density at radius 2 is 1.88 bits per heavy atom. The van der Waals surface area contributed by atoms with Gasteiger partial charge >= 0.3 is 107 Å². The van der Waals surface area contributed by atoms with Gasteiger partial charge in [0, 0.05) is 0 Å². The Morgan fingerprint density at radius 1 is 1.29 bits per heavy atom. The molecule has 0 heterocycles. The summed E-state index contributed by atoms with van der Waals surface area (Å²) in [7, 11) is -4.12. The van der Waals surface area contributed by atoms with E-state index in [1.165, 1.54) is 18.2 Å². The standard InChI is InChI=1S/C6H7NO3S.C3H7O.O.Ti/c7-5-3-1-2-4-6(5)11(8,9)10;1-3(2)4;;/h1-4H,7H2,(H,8,9,10);3H,1-2H3;;/q;-1;;+2/p-1. The Labute approximate surface area is 107 Å². The van der Waals surface area contributed by atoms with Gasteiger partial charge in [-0.2, -0.15) is 0 Å². The zero-order valence-electron chi connectivity index (χ0n) is 9.41. The molecule has 0 aromatic heterocycles. The summed E-state index contributed by atoms with van der Waals surface area (Å²) in [4.78, 5) is -0.201. The van der Waals surface area contributed by atoms with Crippen molar-refractivity contribution in [2.24, 2.45) is 0 Å². The Bertz CT molecular complexity index is 514. The molecule has 0 amide bonds. The number of nitrogen functional groups attached to an aromatic ring is 1. The average molecular weight is 295 g/mol. The van der Waals surface area contributed by atoms with Crippen molar-refractivity contribution >= 4 is 15.8 Å². The van der Waals surface area contributed by atoms with Gasteiger partial charge in [0.25, 0.3) is 0 Å². The van der Waals surface area contributed by atoms with Crippen molar-refractivity contribution < 1.29 is 36.4 Å². The molecular weight excluding hydrogens is 282 g/mol. The van der Waals surface area contributed by atoms with Crippen LogP contribution in [0.15, 0.2) is 29.2 Å². The van der Waals surface area contributed by atoms with Crippen LogP contribution in [0.25, 0.3) is 0 Å². The molecule has 0 aliphatic carbocycles. The molecule has 94 valence electrons.